The molecule has 0 bridgehead atoms. The van der Waals surface area contributed by atoms with E-state index in [1.807, 2.05) is 34.6 Å². The third-order valence-corrected chi connectivity index (χ3v) is 4.60. The van der Waals surface area contributed by atoms with Crippen LogP contribution in [-0.4, -0.2) is 15.1 Å². The fourth-order valence-electron chi connectivity index (χ4n) is 3.49. The molecule has 0 amide bonds. The van der Waals surface area contributed by atoms with E-state index in [2.05, 4.69) is 5.18 Å². The summed E-state index contributed by atoms with van der Waals surface area (Å²) in [4.78, 5) is 21.6. The SMILES string of the molecule is CC(C)c1c(N=O)cc(O)c(C(c2ccc([N+](=O)[O-])cc2)C(C)(C)C)c1O. The molecule has 0 saturated carbocycles. The van der Waals surface area contributed by atoms with Crippen molar-refractivity contribution >= 4 is 11.4 Å². The van der Waals surface area contributed by atoms with E-state index in [0.717, 1.165) is 0 Å². The Labute approximate surface area is 157 Å². The van der Waals surface area contributed by atoms with Gasteiger partial charge in [0.15, 0.2) is 0 Å². The first kappa shape index (κ1) is 20.4. The molecular weight excluding hydrogens is 348 g/mol. The smallest absolute Gasteiger partial charge is 0.269 e. The predicted molar refractivity (Wildman–Crippen MR) is 104 cm³/mol. The minimum atomic E-state index is -0.480. The molecule has 144 valence electrons. The van der Waals surface area contributed by atoms with E-state index in [9.17, 15) is 25.2 Å². The molecule has 2 aromatic carbocycles. The Morgan fingerprint density at radius 3 is 2.04 bits per heavy atom. The van der Waals surface area contributed by atoms with Crippen LogP contribution in [0.3, 0.4) is 0 Å². The normalized spacial score (nSPS) is 12.8. The van der Waals surface area contributed by atoms with E-state index in [-0.39, 0.29) is 34.4 Å². The largest absolute Gasteiger partial charge is 0.507 e. The molecule has 0 saturated heterocycles. The first-order valence-electron chi connectivity index (χ1n) is 8.65. The first-order chi connectivity index (χ1) is 12.5. The molecule has 1 unspecified atom stereocenters. The van der Waals surface area contributed by atoms with E-state index in [4.69, 9.17) is 0 Å². The van der Waals surface area contributed by atoms with Crippen molar-refractivity contribution in [2.75, 3.05) is 0 Å². The molecule has 1 atom stereocenters. The second-order valence-electron chi connectivity index (χ2n) is 7.98. The van der Waals surface area contributed by atoms with Crippen molar-refractivity contribution in [3.05, 3.63) is 62.0 Å². The van der Waals surface area contributed by atoms with E-state index in [1.165, 1.54) is 18.2 Å². The number of aromatic hydroxyl groups is 2. The summed E-state index contributed by atoms with van der Waals surface area (Å²) in [6.07, 6.45) is 0. The minimum absolute atomic E-state index is 0.000101. The lowest BCUT2D eigenvalue weighted by atomic mass is 9.71. The van der Waals surface area contributed by atoms with Crippen molar-refractivity contribution < 1.29 is 15.1 Å². The van der Waals surface area contributed by atoms with E-state index >= 15 is 0 Å². The van der Waals surface area contributed by atoms with Gasteiger partial charge in [-0.1, -0.05) is 46.8 Å². The maximum Gasteiger partial charge on any atom is 0.269 e. The molecule has 0 aliphatic heterocycles. The molecule has 2 N–H and O–H groups in total. The number of nitroso groups, excluding NO2 is 1. The molecular formula is C20H24N2O5. The van der Waals surface area contributed by atoms with Crippen molar-refractivity contribution in [1.29, 1.82) is 0 Å². The number of benzene rings is 2. The molecule has 0 aliphatic rings. The molecule has 0 fully saturated rings. The number of non-ortho nitro benzene ring substituents is 1. The van der Waals surface area contributed by atoms with Crippen molar-refractivity contribution in [2.24, 2.45) is 10.6 Å². The topological polar surface area (TPSA) is 113 Å². The highest BCUT2D eigenvalue weighted by Gasteiger charge is 2.35. The van der Waals surface area contributed by atoms with Gasteiger partial charge in [0.1, 0.15) is 17.2 Å². The lowest BCUT2D eigenvalue weighted by Gasteiger charge is -2.33. The van der Waals surface area contributed by atoms with Gasteiger partial charge in [-0.2, -0.15) is 0 Å². The van der Waals surface area contributed by atoms with Crippen LogP contribution >= 0.6 is 0 Å². The lowest BCUT2D eigenvalue weighted by Crippen LogP contribution is -2.20. The van der Waals surface area contributed by atoms with Crippen molar-refractivity contribution in [2.45, 2.75) is 46.5 Å². The summed E-state index contributed by atoms with van der Waals surface area (Å²) in [5, 5.41) is 35.4. The molecule has 2 rings (SSSR count). The van der Waals surface area contributed by atoms with Gasteiger partial charge in [0, 0.05) is 35.2 Å². The van der Waals surface area contributed by atoms with Crippen LogP contribution in [0.4, 0.5) is 11.4 Å². The van der Waals surface area contributed by atoms with Crippen molar-refractivity contribution in [3.8, 4) is 11.5 Å². The molecule has 0 spiro atoms. The van der Waals surface area contributed by atoms with Gasteiger partial charge in [0.05, 0.1) is 4.92 Å². The summed E-state index contributed by atoms with van der Waals surface area (Å²) in [6.45, 7) is 9.47. The molecule has 0 aromatic heterocycles. The Balaban J connectivity index is 2.77. The Morgan fingerprint density at radius 2 is 1.63 bits per heavy atom. The van der Waals surface area contributed by atoms with Crippen LogP contribution in [0, 0.1) is 20.4 Å². The van der Waals surface area contributed by atoms with Crippen LogP contribution in [0.15, 0.2) is 35.5 Å². The van der Waals surface area contributed by atoms with Crippen molar-refractivity contribution in [1.82, 2.24) is 0 Å². The first-order valence-corrected chi connectivity index (χ1v) is 8.65. The molecule has 0 heterocycles. The number of rotatable bonds is 5. The molecule has 0 aliphatic carbocycles. The van der Waals surface area contributed by atoms with Gasteiger partial charge in [-0.05, 0) is 22.1 Å². The Morgan fingerprint density at radius 1 is 1.07 bits per heavy atom. The van der Waals surface area contributed by atoms with Crippen LogP contribution in [0.25, 0.3) is 0 Å². The van der Waals surface area contributed by atoms with Gasteiger partial charge in [-0.3, -0.25) is 10.1 Å². The average Bonchev–Trinajstić information content (AvgIpc) is 2.56. The zero-order chi connectivity index (χ0) is 20.5. The predicted octanol–water partition coefficient (Wildman–Crippen LogP) is 5.71. The van der Waals surface area contributed by atoms with Gasteiger partial charge in [0.2, 0.25) is 0 Å². The molecule has 0 radical (unpaired) electrons. The number of nitro benzene ring substituents is 1. The highest BCUT2D eigenvalue weighted by Crippen LogP contribution is 2.52. The summed E-state index contributed by atoms with van der Waals surface area (Å²) in [7, 11) is 0. The van der Waals surface area contributed by atoms with Gasteiger partial charge in [0.25, 0.3) is 5.69 Å². The minimum Gasteiger partial charge on any atom is -0.507 e. The zero-order valence-corrected chi connectivity index (χ0v) is 16.1. The van der Waals surface area contributed by atoms with E-state index in [1.54, 1.807) is 12.1 Å². The van der Waals surface area contributed by atoms with E-state index < -0.39 is 16.3 Å². The van der Waals surface area contributed by atoms with Gasteiger partial charge < -0.3 is 10.2 Å². The average molecular weight is 372 g/mol. The maximum absolute atomic E-state index is 11.1. The quantitative estimate of drug-likeness (QED) is 0.397. The molecule has 27 heavy (non-hydrogen) atoms. The number of hydrogen-bond acceptors (Lipinski definition) is 6. The highest BCUT2D eigenvalue weighted by molar-refractivity contribution is 5.65. The van der Waals surface area contributed by atoms with Crippen LogP contribution < -0.4 is 0 Å². The third kappa shape index (κ3) is 3.92. The summed E-state index contributed by atoms with van der Waals surface area (Å²) in [5.74, 6) is -1.05. The zero-order valence-electron chi connectivity index (χ0n) is 16.1. The Hall–Kier alpha value is -2.96. The van der Waals surface area contributed by atoms with Gasteiger partial charge in [-0.25, -0.2) is 0 Å². The fraction of sp³-hybridized carbons (Fsp3) is 0.400. The van der Waals surface area contributed by atoms with Crippen molar-refractivity contribution in [3.63, 3.8) is 0 Å². The van der Waals surface area contributed by atoms with Crippen LogP contribution in [-0.2, 0) is 0 Å². The molecule has 2 aromatic rings. The standard InChI is InChI=1S/C20H24N2O5/c1-11(2)16-14(21-25)10-15(23)17(19(16)24)18(20(3,4)5)12-6-8-13(9-7-12)22(26)27/h6-11,18,23-24H,1-5H3. The Kier molecular flexibility index (Phi) is 5.54. The van der Waals surface area contributed by atoms with Gasteiger partial charge in [-0.15, -0.1) is 4.91 Å². The number of hydrogen-bond donors (Lipinski definition) is 2. The van der Waals surface area contributed by atoms with Crippen LogP contribution in [0.5, 0.6) is 11.5 Å². The number of phenols is 2. The summed E-state index contributed by atoms with van der Waals surface area (Å²) < 4.78 is 0. The van der Waals surface area contributed by atoms with Crippen LogP contribution in [0.2, 0.25) is 0 Å². The summed E-state index contributed by atoms with van der Waals surface area (Å²) >= 11 is 0. The Bertz CT molecular complexity index is 867. The fourth-order valence-corrected chi connectivity index (χ4v) is 3.49. The molecule has 7 nitrogen and oxygen atoms in total. The summed E-state index contributed by atoms with van der Waals surface area (Å²) in [6, 6.07) is 7.29. The second kappa shape index (κ2) is 7.34. The summed E-state index contributed by atoms with van der Waals surface area (Å²) in [5.41, 5.74) is 0.889. The number of phenolic OH excluding ortho intramolecular Hbond substituents is 2. The molecule has 7 heteroatoms. The monoisotopic (exact) mass is 372 g/mol. The number of nitro groups is 1. The third-order valence-electron chi connectivity index (χ3n) is 4.60. The van der Waals surface area contributed by atoms with Crippen LogP contribution in [0.1, 0.15) is 63.1 Å². The lowest BCUT2D eigenvalue weighted by molar-refractivity contribution is -0.384. The second-order valence-corrected chi connectivity index (χ2v) is 7.98. The maximum atomic E-state index is 11.1. The van der Waals surface area contributed by atoms with E-state index in [0.29, 0.717) is 11.1 Å². The van der Waals surface area contributed by atoms with Gasteiger partial charge >= 0.3 is 0 Å². The highest BCUT2D eigenvalue weighted by atomic mass is 16.6. The number of nitrogens with zero attached hydrogens (tertiary/aromatic N) is 2.